The second kappa shape index (κ2) is 9.11. The third kappa shape index (κ3) is 9.19. The summed E-state index contributed by atoms with van der Waals surface area (Å²) in [5.74, 6) is -0.285. The van der Waals surface area contributed by atoms with Crippen LogP contribution in [0.25, 0.3) is 0 Å². The first-order valence-corrected chi connectivity index (χ1v) is 6.40. The molecule has 0 bridgehead atoms. The molecule has 0 radical (unpaired) electrons. The monoisotopic (exact) mass is 258 g/mol. The molecule has 0 saturated carbocycles. The molecular weight excluding hydrogens is 232 g/mol. The topological polar surface area (TPSA) is 44.8 Å². The van der Waals surface area contributed by atoms with Gasteiger partial charge in [-0.25, -0.2) is 0 Å². The van der Waals surface area contributed by atoms with Crippen LogP contribution in [0.3, 0.4) is 0 Å². The zero-order chi connectivity index (χ0) is 14.0. The van der Waals surface area contributed by atoms with Gasteiger partial charge in [-0.15, -0.1) is 0 Å². The summed E-state index contributed by atoms with van der Waals surface area (Å²) in [5.41, 5.74) is -0.604. The van der Waals surface area contributed by atoms with Gasteiger partial charge in [-0.2, -0.15) is 0 Å². The molecule has 0 unspecified atom stereocenters. The van der Waals surface area contributed by atoms with Gasteiger partial charge < -0.3 is 14.2 Å². The minimum Gasteiger partial charge on any atom is -0.456 e. The number of carbonyl (C=O) groups is 1. The van der Waals surface area contributed by atoms with Gasteiger partial charge in [0.25, 0.3) is 0 Å². The molecular formula is C14H26O4. The Bertz CT molecular complexity index is 251. The predicted molar refractivity (Wildman–Crippen MR) is 71.3 cm³/mol. The molecule has 0 aliphatic carbocycles. The minimum absolute atomic E-state index is 0.000247. The molecule has 0 aliphatic rings. The number of carbonyl (C=O) groups excluding carboxylic acids is 1. The fraction of sp³-hybridized carbons (Fsp3) is 0.786. The van der Waals surface area contributed by atoms with Crippen molar-refractivity contribution in [1.82, 2.24) is 0 Å². The molecule has 1 atom stereocenters. The number of esters is 1. The first-order valence-electron chi connectivity index (χ1n) is 6.40. The summed E-state index contributed by atoms with van der Waals surface area (Å²) >= 11 is 0. The van der Waals surface area contributed by atoms with E-state index in [-0.39, 0.29) is 18.9 Å². The molecule has 4 nitrogen and oxygen atoms in total. The van der Waals surface area contributed by atoms with E-state index in [1.807, 2.05) is 26.0 Å². The van der Waals surface area contributed by atoms with E-state index in [1.165, 1.54) is 6.92 Å². The van der Waals surface area contributed by atoms with E-state index in [0.717, 1.165) is 19.3 Å². The summed E-state index contributed by atoms with van der Waals surface area (Å²) in [5, 5.41) is 0. The van der Waals surface area contributed by atoms with Gasteiger partial charge in [-0.3, -0.25) is 4.79 Å². The van der Waals surface area contributed by atoms with Crippen molar-refractivity contribution in [2.45, 2.75) is 58.7 Å². The SMILES string of the molecule is CCCC[C@@H](/C=C/C(C)(C)OC(C)=O)OCOC. The van der Waals surface area contributed by atoms with Crippen LogP contribution < -0.4 is 0 Å². The van der Waals surface area contributed by atoms with Crippen molar-refractivity contribution in [2.24, 2.45) is 0 Å². The van der Waals surface area contributed by atoms with Gasteiger partial charge in [-0.05, 0) is 26.3 Å². The van der Waals surface area contributed by atoms with Gasteiger partial charge in [0.05, 0.1) is 6.10 Å². The van der Waals surface area contributed by atoms with Crippen molar-refractivity contribution in [3.8, 4) is 0 Å². The van der Waals surface area contributed by atoms with Crippen molar-refractivity contribution < 1.29 is 19.0 Å². The smallest absolute Gasteiger partial charge is 0.303 e. The highest BCUT2D eigenvalue weighted by Crippen LogP contribution is 2.14. The van der Waals surface area contributed by atoms with Crippen molar-refractivity contribution in [1.29, 1.82) is 0 Å². The van der Waals surface area contributed by atoms with Crippen molar-refractivity contribution in [3.63, 3.8) is 0 Å². The second-order valence-corrected chi connectivity index (χ2v) is 4.81. The van der Waals surface area contributed by atoms with Gasteiger partial charge in [0.1, 0.15) is 12.4 Å². The molecule has 0 saturated heterocycles. The van der Waals surface area contributed by atoms with E-state index in [4.69, 9.17) is 14.2 Å². The molecule has 0 N–H and O–H groups in total. The Kier molecular flexibility index (Phi) is 8.67. The number of hydrogen-bond acceptors (Lipinski definition) is 4. The number of ether oxygens (including phenoxy) is 3. The highest BCUT2D eigenvalue weighted by atomic mass is 16.7. The van der Waals surface area contributed by atoms with E-state index in [9.17, 15) is 4.79 Å². The summed E-state index contributed by atoms with van der Waals surface area (Å²) in [6.45, 7) is 7.51. The van der Waals surface area contributed by atoms with Gasteiger partial charge in [0.15, 0.2) is 0 Å². The molecule has 0 aromatic carbocycles. The average Bonchev–Trinajstić information content (AvgIpc) is 2.26. The van der Waals surface area contributed by atoms with E-state index in [2.05, 4.69) is 6.92 Å². The van der Waals surface area contributed by atoms with Gasteiger partial charge in [0.2, 0.25) is 0 Å². The lowest BCUT2D eigenvalue weighted by molar-refractivity contribution is -0.149. The number of unbranched alkanes of at least 4 members (excludes halogenated alkanes) is 1. The summed E-state index contributed by atoms with van der Waals surface area (Å²) in [7, 11) is 1.60. The van der Waals surface area contributed by atoms with Gasteiger partial charge >= 0.3 is 5.97 Å². The lowest BCUT2D eigenvalue weighted by Gasteiger charge is -2.21. The number of hydrogen-bond donors (Lipinski definition) is 0. The number of methoxy groups -OCH3 is 1. The first kappa shape index (κ1) is 17.1. The molecule has 18 heavy (non-hydrogen) atoms. The minimum atomic E-state index is -0.604. The maximum absolute atomic E-state index is 10.9. The predicted octanol–water partition coefficient (Wildman–Crippen LogP) is 3.06. The Hall–Kier alpha value is -0.870. The Morgan fingerprint density at radius 2 is 2.06 bits per heavy atom. The van der Waals surface area contributed by atoms with Crippen molar-refractivity contribution in [2.75, 3.05) is 13.9 Å². The Morgan fingerprint density at radius 3 is 2.56 bits per heavy atom. The summed E-state index contributed by atoms with van der Waals surface area (Å²) in [6.07, 6.45) is 6.95. The Morgan fingerprint density at radius 1 is 1.39 bits per heavy atom. The third-order valence-corrected chi connectivity index (χ3v) is 2.36. The summed E-state index contributed by atoms with van der Waals surface area (Å²) < 4.78 is 15.6. The molecule has 106 valence electrons. The first-order chi connectivity index (χ1) is 8.41. The van der Waals surface area contributed by atoms with Crippen LogP contribution in [0.1, 0.15) is 47.0 Å². The molecule has 0 spiro atoms. The lowest BCUT2D eigenvalue weighted by atomic mass is 10.1. The maximum atomic E-state index is 10.9. The van der Waals surface area contributed by atoms with Crippen molar-refractivity contribution >= 4 is 5.97 Å². The van der Waals surface area contributed by atoms with Gasteiger partial charge in [0, 0.05) is 14.0 Å². The molecule has 0 aromatic rings. The molecule has 0 aliphatic heterocycles. The van der Waals surface area contributed by atoms with Crippen LogP contribution in [0.15, 0.2) is 12.2 Å². The molecule has 0 fully saturated rings. The standard InChI is InChI=1S/C14H26O4/c1-6-7-8-13(17-11-16-5)9-10-14(3,4)18-12(2)15/h9-10,13H,6-8,11H2,1-5H3/b10-9+/t13-/m0/s1. The molecule has 0 heterocycles. The fourth-order valence-electron chi connectivity index (χ4n) is 1.54. The lowest BCUT2D eigenvalue weighted by Crippen LogP contribution is -2.25. The molecule has 4 heteroatoms. The quantitative estimate of drug-likeness (QED) is 0.362. The van der Waals surface area contributed by atoms with Crippen LogP contribution in [0.4, 0.5) is 0 Å². The van der Waals surface area contributed by atoms with E-state index >= 15 is 0 Å². The molecule has 0 aromatic heterocycles. The Labute approximate surface area is 110 Å². The summed E-state index contributed by atoms with van der Waals surface area (Å²) in [6, 6.07) is 0. The maximum Gasteiger partial charge on any atom is 0.303 e. The highest BCUT2D eigenvalue weighted by molar-refractivity contribution is 5.66. The van der Waals surface area contributed by atoms with E-state index in [1.54, 1.807) is 7.11 Å². The third-order valence-electron chi connectivity index (χ3n) is 2.36. The molecule has 0 rings (SSSR count). The van der Waals surface area contributed by atoms with Crippen LogP contribution in [0.2, 0.25) is 0 Å². The van der Waals surface area contributed by atoms with E-state index in [0.29, 0.717) is 0 Å². The zero-order valence-corrected chi connectivity index (χ0v) is 12.2. The van der Waals surface area contributed by atoms with Crippen LogP contribution in [-0.2, 0) is 19.0 Å². The largest absolute Gasteiger partial charge is 0.456 e. The average molecular weight is 258 g/mol. The number of rotatable bonds is 9. The molecule has 0 amide bonds. The second-order valence-electron chi connectivity index (χ2n) is 4.81. The van der Waals surface area contributed by atoms with E-state index < -0.39 is 5.60 Å². The summed E-state index contributed by atoms with van der Waals surface area (Å²) in [4.78, 5) is 10.9. The van der Waals surface area contributed by atoms with Gasteiger partial charge in [-0.1, -0.05) is 25.8 Å². The fourth-order valence-corrected chi connectivity index (χ4v) is 1.54. The zero-order valence-electron chi connectivity index (χ0n) is 12.2. The van der Waals surface area contributed by atoms with Crippen LogP contribution >= 0.6 is 0 Å². The van der Waals surface area contributed by atoms with Crippen molar-refractivity contribution in [3.05, 3.63) is 12.2 Å². The normalized spacial score (nSPS) is 13.8. The van der Waals surface area contributed by atoms with Crippen LogP contribution in [0.5, 0.6) is 0 Å². The highest BCUT2D eigenvalue weighted by Gasteiger charge is 2.17. The van der Waals surface area contributed by atoms with Crippen LogP contribution in [-0.4, -0.2) is 31.6 Å². The Balaban J connectivity index is 4.38. The van der Waals surface area contributed by atoms with Crippen LogP contribution in [0, 0.1) is 0 Å².